The zero-order chi connectivity index (χ0) is 19.1. The van der Waals surface area contributed by atoms with Crippen LogP contribution in [0.25, 0.3) is 11.0 Å². The molecular weight excluding hydrogens is 358 g/mol. The van der Waals surface area contributed by atoms with E-state index < -0.39 is 0 Å². The van der Waals surface area contributed by atoms with Crippen molar-refractivity contribution in [2.45, 2.75) is 39.7 Å². The van der Waals surface area contributed by atoms with Crippen LogP contribution in [-0.2, 0) is 11.3 Å². The number of imidazole rings is 1. The molecule has 1 aliphatic heterocycles. The average Bonchev–Trinajstić information content (AvgIpc) is 3.18. The molecule has 1 atom stereocenters. The quantitative estimate of drug-likeness (QED) is 0.624. The minimum Gasteiger partial charge on any atom is -0.327 e. The lowest BCUT2D eigenvalue weighted by molar-refractivity contribution is -0.117. The van der Waals surface area contributed by atoms with E-state index in [1.807, 2.05) is 48.2 Å². The molecule has 0 spiro atoms. The summed E-state index contributed by atoms with van der Waals surface area (Å²) in [6, 6.07) is 14.0. The maximum Gasteiger partial charge on any atom is 0.227 e. The number of carbonyl (C=O) groups excluding carboxylic acids is 1. The molecule has 27 heavy (non-hydrogen) atoms. The predicted molar refractivity (Wildman–Crippen MR) is 110 cm³/mol. The molecule has 0 radical (unpaired) electrons. The molecule has 1 aliphatic rings. The van der Waals surface area contributed by atoms with Gasteiger partial charge >= 0.3 is 0 Å². The predicted octanol–water partition coefficient (Wildman–Crippen LogP) is 5.17. The first-order valence-corrected chi connectivity index (χ1v) is 9.84. The average molecular weight is 382 g/mol. The molecule has 1 aromatic heterocycles. The van der Waals surface area contributed by atoms with Gasteiger partial charge in [0.15, 0.2) is 0 Å². The lowest BCUT2D eigenvalue weighted by Crippen LogP contribution is -2.25. The molecule has 0 saturated carbocycles. The second kappa shape index (κ2) is 7.01. The van der Waals surface area contributed by atoms with E-state index in [0.717, 1.165) is 34.7 Å². The monoisotopic (exact) mass is 381 g/mol. The number of hydrogen-bond acceptors (Lipinski definition) is 2. The summed E-state index contributed by atoms with van der Waals surface area (Å²) in [5, 5.41) is 0.691. The fourth-order valence-electron chi connectivity index (χ4n) is 3.96. The van der Waals surface area contributed by atoms with Gasteiger partial charge in [0.25, 0.3) is 0 Å². The Kier molecular flexibility index (Phi) is 4.68. The molecule has 4 rings (SSSR count). The van der Waals surface area contributed by atoms with Gasteiger partial charge in [0.2, 0.25) is 5.91 Å². The van der Waals surface area contributed by atoms with E-state index in [9.17, 15) is 4.79 Å². The molecule has 1 amide bonds. The number of fused-ring (bicyclic) bond motifs is 1. The van der Waals surface area contributed by atoms with Crippen LogP contribution in [0.5, 0.6) is 0 Å². The molecule has 5 heteroatoms. The summed E-state index contributed by atoms with van der Waals surface area (Å²) in [4.78, 5) is 19.6. The van der Waals surface area contributed by atoms with Crippen molar-refractivity contribution < 1.29 is 4.79 Å². The molecule has 0 bridgehead atoms. The Morgan fingerprint density at radius 2 is 1.96 bits per heavy atom. The molecule has 3 aromatic rings. The number of anilines is 1. The Morgan fingerprint density at radius 1 is 1.19 bits per heavy atom. The van der Waals surface area contributed by atoms with E-state index in [4.69, 9.17) is 16.6 Å². The highest BCUT2D eigenvalue weighted by Crippen LogP contribution is 2.36. The Bertz CT molecular complexity index is 1010. The SMILES string of the molecule is Cc1c(Cl)cccc1N1CC(c2nc3ccccc3n2CC(C)C)CC1=O. The summed E-state index contributed by atoms with van der Waals surface area (Å²) in [6.45, 7) is 7.92. The lowest BCUT2D eigenvalue weighted by Gasteiger charge is -2.20. The zero-order valence-corrected chi connectivity index (χ0v) is 16.7. The van der Waals surface area contributed by atoms with Gasteiger partial charge in [-0.2, -0.15) is 0 Å². The fraction of sp³-hybridized carbons (Fsp3) is 0.364. The Labute approximate surface area is 164 Å². The van der Waals surface area contributed by atoms with Crippen molar-refractivity contribution in [3.05, 3.63) is 58.9 Å². The molecule has 1 saturated heterocycles. The molecule has 2 aromatic carbocycles. The molecule has 2 heterocycles. The van der Waals surface area contributed by atoms with Gasteiger partial charge in [-0.1, -0.05) is 43.6 Å². The normalized spacial score (nSPS) is 17.4. The van der Waals surface area contributed by atoms with Crippen LogP contribution in [0.15, 0.2) is 42.5 Å². The second-order valence-electron chi connectivity index (χ2n) is 7.75. The van der Waals surface area contributed by atoms with E-state index >= 15 is 0 Å². The summed E-state index contributed by atoms with van der Waals surface area (Å²) in [6.07, 6.45) is 0.480. The van der Waals surface area contributed by atoms with Crippen molar-refractivity contribution in [3.8, 4) is 0 Å². The van der Waals surface area contributed by atoms with Gasteiger partial charge in [-0.3, -0.25) is 4.79 Å². The number of amides is 1. The minimum atomic E-state index is 0.0852. The van der Waals surface area contributed by atoms with Crippen molar-refractivity contribution in [1.82, 2.24) is 9.55 Å². The van der Waals surface area contributed by atoms with Crippen molar-refractivity contribution in [3.63, 3.8) is 0 Å². The summed E-state index contributed by atoms with van der Waals surface area (Å²) in [5.74, 6) is 1.74. The summed E-state index contributed by atoms with van der Waals surface area (Å²) >= 11 is 6.27. The molecular formula is C22H24ClN3O. The van der Waals surface area contributed by atoms with E-state index in [1.165, 1.54) is 0 Å². The number of halogens is 1. The van der Waals surface area contributed by atoms with Gasteiger partial charge < -0.3 is 9.47 Å². The van der Waals surface area contributed by atoms with E-state index in [-0.39, 0.29) is 11.8 Å². The number of benzene rings is 2. The number of hydrogen-bond donors (Lipinski definition) is 0. The first-order valence-electron chi connectivity index (χ1n) is 9.46. The minimum absolute atomic E-state index is 0.0852. The van der Waals surface area contributed by atoms with Crippen LogP contribution in [-0.4, -0.2) is 22.0 Å². The van der Waals surface area contributed by atoms with Crippen LogP contribution in [0.2, 0.25) is 5.02 Å². The highest BCUT2D eigenvalue weighted by molar-refractivity contribution is 6.31. The third-order valence-electron chi connectivity index (χ3n) is 5.25. The van der Waals surface area contributed by atoms with Gasteiger partial charge in [0, 0.05) is 36.1 Å². The smallest absolute Gasteiger partial charge is 0.227 e. The maximum absolute atomic E-state index is 12.8. The number of rotatable bonds is 4. The molecule has 0 N–H and O–H groups in total. The van der Waals surface area contributed by atoms with E-state index in [0.29, 0.717) is 23.9 Å². The fourth-order valence-corrected chi connectivity index (χ4v) is 4.13. The Balaban J connectivity index is 1.73. The topological polar surface area (TPSA) is 38.1 Å². The maximum atomic E-state index is 12.8. The van der Waals surface area contributed by atoms with Crippen LogP contribution in [0.3, 0.4) is 0 Å². The molecule has 140 valence electrons. The molecule has 4 nitrogen and oxygen atoms in total. The van der Waals surface area contributed by atoms with Crippen LogP contribution in [0, 0.1) is 12.8 Å². The van der Waals surface area contributed by atoms with Crippen molar-refractivity contribution >= 4 is 34.2 Å². The largest absolute Gasteiger partial charge is 0.327 e. The summed E-state index contributed by atoms with van der Waals surface area (Å²) < 4.78 is 2.30. The van der Waals surface area contributed by atoms with Gasteiger partial charge in [0.05, 0.1) is 11.0 Å². The molecule has 1 unspecified atom stereocenters. The van der Waals surface area contributed by atoms with Gasteiger partial charge in [-0.15, -0.1) is 0 Å². The highest BCUT2D eigenvalue weighted by Gasteiger charge is 2.35. The number of aromatic nitrogens is 2. The van der Waals surface area contributed by atoms with Crippen molar-refractivity contribution in [2.75, 3.05) is 11.4 Å². The van der Waals surface area contributed by atoms with Gasteiger partial charge in [-0.25, -0.2) is 4.98 Å². The van der Waals surface area contributed by atoms with Crippen molar-refractivity contribution in [2.24, 2.45) is 5.92 Å². The number of para-hydroxylation sites is 2. The van der Waals surface area contributed by atoms with Crippen LogP contribution in [0.4, 0.5) is 5.69 Å². The van der Waals surface area contributed by atoms with Gasteiger partial charge in [-0.05, 0) is 42.7 Å². The molecule has 1 fully saturated rings. The highest BCUT2D eigenvalue weighted by atomic mass is 35.5. The third kappa shape index (κ3) is 3.23. The Hall–Kier alpha value is -2.33. The van der Waals surface area contributed by atoms with Crippen LogP contribution < -0.4 is 4.90 Å². The van der Waals surface area contributed by atoms with E-state index in [2.05, 4.69) is 24.5 Å². The number of carbonyl (C=O) groups is 1. The summed E-state index contributed by atoms with van der Waals surface area (Å²) in [7, 11) is 0. The first kappa shape index (κ1) is 18.1. The third-order valence-corrected chi connectivity index (χ3v) is 5.66. The van der Waals surface area contributed by atoms with E-state index in [1.54, 1.807) is 0 Å². The summed E-state index contributed by atoms with van der Waals surface area (Å²) in [5.41, 5.74) is 3.99. The number of nitrogens with zero attached hydrogens (tertiary/aromatic N) is 3. The standard InChI is InChI=1S/C22H24ClN3O/c1-14(2)12-26-20-9-5-4-8-18(20)24-22(26)16-11-21(27)25(13-16)19-10-6-7-17(23)15(19)3/h4-10,14,16H,11-13H2,1-3H3. The zero-order valence-electron chi connectivity index (χ0n) is 15.9. The lowest BCUT2D eigenvalue weighted by atomic mass is 10.1. The van der Waals surface area contributed by atoms with Gasteiger partial charge in [0.1, 0.15) is 5.82 Å². The van der Waals surface area contributed by atoms with Crippen molar-refractivity contribution in [1.29, 1.82) is 0 Å². The second-order valence-corrected chi connectivity index (χ2v) is 8.16. The van der Waals surface area contributed by atoms with Crippen LogP contribution in [0.1, 0.15) is 37.6 Å². The Morgan fingerprint density at radius 3 is 2.74 bits per heavy atom. The van der Waals surface area contributed by atoms with Crippen LogP contribution >= 0.6 is 11.6 Å². The molecule has 0 aliphatic carbocycles. The first-order chi connectivity index (χ1) is 13.0.